The van der Waals surface area contributed by atoms with Crippen LogP contribution in [0, 0.1) is 10.8 Å². The first kappa shape index (κ1) is 12.9. The van der Waals surface area contributed by atoms with Crippen molar-refractivity contribution in [1.29, 1.82) is 0 Å². The van der Waals surface area contributed by atoms with Crippen molar-refractivity contribution < 1.29 is 14.6 Å². The lowest BCUT2D eigenvalue weighted by Crippen LogP contribution is -2.48. The molecule has 0 radical (unpaired) electrons. The molecule has 2 aliphatic rings. The maximum Gasteiger partial charge on any atom is 0.314 e. The van der Waals surface area contributed by atoms with E-state index in [4.69, 9.17) is 4.74 Å². The Balaban J connectivity index is 2.09. The number of hydrogen-bond donors (Lipinski definition) is 1. The van der Waals surface area contributed by atoms with Crippen LogP contribution in [0.1, 0.15) is 59.3 Å². The molecular weight excluding hydrogens is 216 g/mol. The zero-order valence-electron chi connectivity index (χ0n) is 11.2. The van der Waals surface area contributed by atoms with Gasteiger partial charge >= 0.3 is 5.97 Å². The van der Waals surface area contributed by atoms with Gasteiger partial charge in [0, 0.05) is 0 Å². The number of aliphatic hydroxyl groups is 1. The molecule has 0 bridgehead atoms. The quantitative estimate of drug-likeness (QED) is 0.771. The summed E-state index contributed by atoms with van der Waals surface area (Å²) in [5, 5.41) is 10.8. The molecule has 0 aromatic rings. The molecule has 0 spiro atoms. The van der Waals surface area contributed by atoms with Gasteiger partial charge in [-0.3, -0.25) is 4.79 Å². The van der Waals surface area contributed by atoms with Crippen LogP contribution in [0.15, 0.2) is 0 Å². The number of carbonyl (C=O) groups excluding carboxylic acids is 1. The molecule has 0 amide bonds. The fourth-order valence-electron chi connectivity index (χ4n) is 3.07. The smallest absolute Gasteiger partial charge is 0.314 e. The molecule has 2 rings (SSSR count). The van der Waals surface area contributed by atoms with E-state index >= 15 is 0 Å². The summed E-state index contributed by atoms with van der Waals surface area (Å²) in [5.74, 6) is -0.179. The van der Waals surface area contributed by atoms with Gasteiger partial charge in [-0.25, -0.2) is 0 Å². The van der Waals surface area contributed by atoms with E-state index in [1.807, 2.05) is 6.92 Å². The van der Waals surface area contributed by atoms with Crippen molar-refractivity contribution in [2.24, 2.45) is 10.8 Å². The summed E-state index contributed by atoms with van der Waals surface area (Å²) < 4.78 is 5.14. The largest absolute Gasteiger partial charge is 0.465 e. The standard InChI is InChI=1S/C14H24O3/c1-4-17-11(15)13(7-8-13)14(16)9-5-12(2,3)6-10-14/h16H,4-10H2,1-3H3. The van der Waals surface area contributed by atoms with E-state index in [0.717, 1.165) is 38.5 Å². The summed E-state index contributed by atoms with van der Waals surface area (Å²) >= 11 is 0. The summed E-state index contributed by atoms with van der Waals surface area (Å²) in [6, 6.07) is 0. The van der Waals surface area contributed by atoms with Crippen LogP contribution in [0.3, 0.4) is 0 Å². The highest BCUT2D eigenvalue weighted by atomic mass is 16.5. The zero-order chi connectivity index (χ0) is 12.7. The second-order valence-corrected chi connectivity index (χ2v) is 6.50. The van der Waals surface area contributed by atoms with Crippen molar-refractivity contribution in [3.63, 3.8) is 0 Å². The van der Waals surface area contributed by atoms with E-state index in [9.17, 15) is 9.90 Å². The molecule has 0 unspecified atom stereocenters. The van der Waals surface area contributed by atoms with Crippen LogP contribution in [0.25, 0.3) is 0 Å². The van der Waals surface area contributed by atoms with Crippen LogP contribution < -0.4 is 0 Å². The highest BCUT2D eigenvalue weighted by Gasteiger charge is 2.65. The number of ether oxygens (including phenoxy) is 1. The van der Waals surface area contributed by atoms with E-state index in [0.29, 0.717) is 12.0 Å². The number of esters is 1. The SMILES string of the molecule is CCOC(=O)C1(C2(O)CCC(C)(C)CC2)CC1. The maximum atomic E-state index is 12.0. The lowest BCUT2D eigenvalue weighted by Gasteiger charge is -2.44. The van der Waals surface area contributed by atoms with E-state index in [1.165, 1.54) is 0 Å². The first-order valence-corrected chi connectivity index (χ1v) is 6.75. The van der Waals surface area contributed by atoms with Crippen molar-refractivity contribution in [2.45, 2.75) is 64.9 Å². The Morgan fingerprint density at radius 1 is 1.12 bits per heavy atom. The normalized spacial score (nSPS) is 28.5. The molecule has 0 heterocycles. The van der Waals surface area contributed by atoms with Gasteiger partial charge in [-0.2, -0.15) is 0 Å². The Bertz CT molecular complexity index is 305. The van der Waals surface area contributed by atoms with Crippen LogP contribution in [0.5, 0.6) is 0 Å². The van der Waals surface area contributed by atoms with Crippen molar-refractivity contribution in [3.8, 4) is 0 Å². The average Bonchev–Trinajstić information content (AvgIpc) is 3.05. The zero-order valence-corrected chi connectivity index (χ0v) is 11.2. The lowest BCUT2D eigenvalue weighted by atomic mass is 9.65. The third kappa shape index (κ3) is 2.10. The number of rotatable bonds is 3. The van der Waals surface area contributed by atoms with Crippen LogP contribution >= 0.6 is 0 Å². The molecule has 0 aliphatic heterocycles. The number of carbonyl (C=O) groups is 1. The van der Waals surface area contributed by atoms with Gasteiger partial charge in [0.25, 0.3) is 0 Å². The minimum absolute atomic E-state index is 0.179. The predicted molar refractivity (Wildman–Crippen MR) is 65.5 cm³/mol. The van der Waals surface area contributed by atoms with Gasteiger partial charge < -0.3 is 9.84 Å². The first-order chi connectivity index (χ1) is 7.85. The second kappa shape index (κ2) is 3.98. The third-order valence-electron chi connectivity index (χ3n) is 4.74. The van der Waals surface area contributed by atoms with Crippen LogP contribution in [0.4, 0.5) is 0 Å². The molecule has 17 heavy (non-hydrogen) atoms. The molecule has 98 valence electrons. The molecule has 0 aromatic heterocycles. The van der Waals surface area contributed by atoms with Gasteiger partial charge in [-0.05, 0) is 50.9 Å². The predicted octanol–water partition coefficient (Wildman–Crippen LogP) is 2.66. The lowest BCUT2D eigenvalue weighted by molar-refractivity contribution is -0.167. The highest BCUT2D eigenvalue weighted by Crippen LogP contribution is 2.61. The fraction of sp³-hybridized carbons (Fsp3) is 0.929. The maximum absolute atomic E-state index is 12.0. The van der Waals surface area contributed by atoms with E-state index < -0.39 is 11.0 Å². The summed E-state index contributed by atoms with van der Waals surface area (Å²) in [7, 11) is 0. The van der Waals surface area contributed by atoms with Crippen molar-refractivity contribution >= 4 is 5.97 Å². The minimum atomic E-state index is -0.811. The van der Waals surface area contributed by atoms with Crippen molar-refractivity contribution in [2.75, 3.05) is 6.61 Å². The van der Waals surface area contributed by atoms with E-state index in [1.54, 1.807) is 0 Å². The molecule has 2 fully saturated rings. The molecule has 2 saturated carbocycles. The second-order valence-electron chi connectivity index (χ2n) is 6.50. The molecule has 1 N–H and O–H groups in total. The monoisotopic (exact) mass is 240 g/mol. The highest BCUT2D eigenvalue weighted by molar-refractivity contribution is 5.81. The fourth-order valence-corrected chi connectivity index (χ4v) is 3.07. The summed E-state index contributed by atoms with van der Waals surface area (Å²) in [6.45, 7) is 6.69. The molecule has 0 aromatic carbocycles. The van der Waals surface area contributed by atoms with Crippen molar-refractivity contribution in [1.82, 2.24) is 0 Å². The topological polar surface area (TPSA) is 46.5 Å². The molecule has 2 aliphatic carbocycles. The van der Waals surface area contributed by atoms with Gasteiger partial charge in [-0.1, -0.05) is 13.8 Å². The van der Waals surface area contributed by atoms with E-state index in [-0.39, 0.29) is 5.97 Å². The molecule has 0 saturated heterocycles. The first-order valence-electron chi connectivity index (χ1n) is 6.75. The van der Waals surface area contributed by atoms with Crippen molar-refractivity contribution in [3.05, 3.63) is 0 Å². The summed E-state index contributed by atoms with van der Waals surface area (Å²) in [6.07, 6.45) is 5.04. The van der Waals surface area contributed by atoms with Gasteiger partial charge in [0.05, 0.1) is 17.6 Å². The van der Waals surface area contributed by atoms with Gasteiger partial charge in [0.15, 0.2) is 0 Å². The molecule has 3 heteroatoms. The minimum Gasteiger partial charge on any atom is -0.465 e. The summed E-state index contributed by atoms with van der Waals surface area (Å²) in [4.78, 5) is 12.0. The van der Waals surface area contributed by atoms with Crippen LogP contribution in [-0.2, 0) is 9.53 Å². The Hall–Kier alpha value is -0.570. The van der Waals surface area contributed by atoms with Crippen LogP contribution in [-0.4, -0.2) is 23.3 Å². The van der Waals surface area contributed by atoms with Crippen LogP contribution in [0.2, 0.25) is 0 Å². The molecular formula is C14H24O3. The average molecular weight is 240 g/mol. The Kier molecular flexibility index (Phi) is 3.01. The Morgan fingerprint density at radius 2 is 1.65 bits per heavy atom. The van der Waals surface area contributed by atoms with Gasteiger partial charge in [-0.15, -0.1) is 0 Å². The van der Waals surface area contributed by atoms with Gasteiger partial charge in [0.2, 0.25) is 0 Å². The molecule has 3 nitrogen and oxygen atoms in total. The summed E-state index contributed by atoms with van der Waals surface area (Å²) in [5.41, 5.74) is -1.08. The Morgan fingerprint density at radius 3 is 2.06 bits per heavy atom. The molecule has 0 atom stereocenters. The third-order valence-corrected chi connectivity index (χ3v) is 4.74. The number of hydrogen-bond acceptors (Lipinski definition) is 3. The Labute approximate surface area is 104 Å². The van der Waals surface area contributed by atoms with E-state index in [2.05, 4.69) is 13.8 Å². The van der Waals surface area contributed by atoms with Gasteiger partial charge in [0.1, 0.15) is 0 Å².